The van der Waals surface area contributed by atoms with E-state index in [1.807, 2.05) is 6.92 Å². The van der Waals surface area contributed by atoms with E-state index in [9.17, 15) is 4.91 Å². The molecular weight excluding hydrogens is 90.1 g/mol. The van der Waals surface area contributed by atoms with E-state index in [1.54, 1.807) is 0 Å². The molecule has 0 bridgehead atoms. The van der Waals surface area contributed by atoms with Crippen LogP contribution in [0.15, 0.2) is 17.3 Å². The minimum atomic E-state index is 0.274. The summed E-state index contributed by atoms with van der Waals surface area (Å²) in [6, 6.07) is 0. The van der Waals surface area contributed by atoms with Crippen LogP contribution in [0.5, 0.6) is 0 Å². The molecule has 7 heavy (non-hydrogen) atoms. The van der Waals surface area contributed by atoms with Gasteiger partial charge < -0.3 is 0 Å². The van der Waals surface area contributed by atoms with Crippen LogP contribution >= 0.6 is 0 Å². The van der Waals surface area contributed by atoms with Gasteiger partial charge in [0.25, 0.3) is 0 Å². The summed E-state index contributed by atoms with van der Waals surface area (Å²) >= 11 is 0. The van der Waals surface area contributed by atoms with Crippen molar-refractivity contribution in [3.8, 4) is 0 Å². The molecule has 0 spiro atoms. The monoisotopic (exact) mass is 99.1 g/mol. The molecule has 0 rings (SSSR count). The van der Waals surface area contributed by atoms with Crippen molar-refractivity contribution >= 4 is 0 Å². The topological polar surface area (TPSA) is 29.4 Å². The molecule has 0 aromatic carbocycles. The highest BCUT2D eigenvalue weighted by Gasteiger charge is 1.84. The number of hydrogen-bond acceptors (Lipinski definition) is 2. The Balaban J connectivity index is 3.17. The Hall–Kier alpha value is -0.660. The van der Waals surface area contributed by atoms with Crippen molar-refractivity contribution in [3.63, 3.8) is 0 Å². The van der Waals surface area contributed by atoms with Crippen LogP contribution in [0.3, 0.4) is 0 Å². The van der Waals surface area contributed by atoms with Gasteiger partial charge in [-0.3, -0.25) is 0 Å². The summed E-state index contributed by atoms with van der Waals surface area (Å²) in [5.41, 5.74) is 0.898. The van der Waals surface area contributed by atoms with E-state index in [-0.39, 0.29) is 6.54 Å². The van der Waals surface area contributed by atoms with Crippen molar-refractivity contribution in [1.29, 1.82) is 0 Å². The summed E-state index contributed by atoms with van der Waals surface area (Å²) in [7, 11) is 0. The summed E-state index contributed by atoms with van der Waals surface area (Å²) < 4.78 is 0. The predicted octanol–water partition coefficient (Wildman–Crippen LogP) is 1.72. The molecule has 2 nitrogen and oxygen atoms in total. The van der Waals surface area contributed by atoms with Crippen molar-refractivity contribution < 1.29 is 0 Å². The summed E-state index contributed by atoms with van der Waals surface area (Å²) in [5, 5.41) is 2.66. The second kappa shape index (κ2) is 3.53. The fourth-order valence-corrected chi connectivity index (χ4v) is 0.203. The minimum Gasteiger partial charge on any atom is -0.150 e. The zero-order chi connectivity index (χ0) is 5.70. The molecule has 0 aliphatic rings. The van der Waals surface area contributed by atoms with Gasteiger partial charge in [-0.05, 0) is 6.42 Å². The van der Waals surface area contributed by atoms with Crippen molar-refractivity contribution in [1.82, 2.24) is 0 Å². The van der Waals surface area contributed by atoms with Gasteiger partial charge in [-0.25, -0.2) is 0 Å². The summed E-state index contributed by atoms with van der Waals surface area (Å²) in [6.45, 7) is 5.80. The average Bonchev–Trinajstić information content (AvgIpc) is 1.68. The average molecular weight is 99.1 g/mol. The van der Waals surface area contributed by atoms with Gasteiger partial charge in [-0.2, -0.15) is 4.91 Å². The van der Waals surface area contributed by atoms with E-state index >= 15 is 0 Å². The van der Waals surface area contributed by atoms with E-state index in [0.717, 1.165) is 12.0 Å². The Morgan fingerprint density at radius 3 is 2.57 bits per heavy atom. The highest BCUT2D eigenvalue weighted by Crippen LogP contribution is 1.94. The zero-order valence-corrected chi connectivity index (χ0v) is 4.48. The molecule has 0 saturated carbocycles. The Labute approximate surface area is 43.2 Å². The zero-order valence-electron chi connectivity index (χ0n) is 4.48. The van der Waals surface area contributed by atoms with Crippen LogP contribution in [0.4, 0.5) is 0 Å². The normalized spacial score (nSPS) is 8.14. The van der Waals surface area contributed by atoms with Crippen LogP contribution in [0.25, 0.3) is 0 Å². The Kier molecular flexibility index (Phi) is 3.19. The Morgan fingerprint density at radius 1 is 1.86 bits per heavy atom. The van der Waals surface area contributed by atoms with Crippen LogP contribution < -0.4 is 0 Å². The second-order valence-electron chi connectivity index (χ2n) is 1.39. The molecule has 0 N–H and O–H groups in total. The molecular formula is C5H9NO. The molecule has 0 unspecified atom stereocenters. The van der Waals surface area contributed by atoms with Crippen LogP contribution in [-0.2, 0) is 0 Å². The van der Waals surface area contributed by atoms with Gasteiger partial charge in [0.2, 0.25) is 0 Å². The maximum absolute atomic E-state index is 9.46. The summed E-state index contributed by atoms with van der Waals surface area (Å²) in [5.74, 6) is 0. The third-order valence-corrected chi connectivity index (χ3v) is 0.788. The molecule has 0 aliphatic carbocycles. The quantitative estimate of drug-likeness (QED) is 0.391. The van der Waals surface area contributed by atoms with E-state index in [0.29, 0.717) is 0 Å². The molecule has 0 saturated heterocycles. The lowest BCUT2D eigenvalue weighted by atomic mass is 10.2. The molecule has 0 fully saturated rings. The van der Waals surface area contributed by atoms with Gasteiger partial charge in [-0.15, -0.1) is 0 Å². The van der Waals surface area contributed by atoms with Gasteiger partial charge in [-0.1, -0.05) is 24.3 Å². The molecule has 0 heterocycles. The first kappa shape index (κ1) is 6.34. The summed E-state index contributed by atoms with van der Waals surface area (Å²) in [4.78, 5) is 9.46. The lowest BCUT2D eigenvalue weighted by Gasteiger charge is -1.87. The smallest absolute Gasteiger partial charge is 0.102 e. The van der Waals surface area contributed by atoms with E-state index in [1.165, 1.54) is 0 Å². The molecule has 40 valence electrons. The first-order valence-electron chi connectivity index (χ1n) is 2.27. The second-order valence-corrected chi connectivity index (χ2v) is 1.39. The fraction of sp³-hybridized carbons (Fsp3) is 0.600. The first-order chi connectivity index (χ1) is 3.31. The molecule has 2 heteroatoms. The highest BCUT2D eigenvalue weighted by atomic mass is 16.3. The van der Waals surface area contributed by atoms with E-state index < -0.39 is 0 Å². The molecule has 0 aromatic heterocycles. The molecule has 0 radical (unpaired) electrons. The molecule has 0 amide bonds. The minimum absolute atomic E-state index is 0.274. The van der Waals surface area contributed by atoms with Crippen LogP contribution in [-0.4, -0.2) is 6.54 Å². The molecule has 0 aliphatic heterocycles. The first-order valence-corrected chi connectivity index (χ1v) is 2.27. The Bertz CT molecular complexity index is 78.1. The van der Waals surface area contributed by atoms with Gasteiger partial charge >= 0.3 is 0 Å². The van der Waals surface area contributed by atoms with Crippen molar-refractivity contribution in [2.45, 2.75) is 13.3 Å². The van der Waals surface area contributed by atoms with Crippen LogP contribution in [0.2, 0.25) is 0 Å². The number of rotatable bonds is 3. The van der Waals surface area contributed by atoms with Crippen molar-refractivity contribution in [2.24, 2.45) is 5.18 Å². The SMILES string of the molecule is C=C(CC)CN=O. The van der Waals surface area contributed by atoms with Crippen molar-refractivity contribution in [3.05, 3.63) is 17.1 Å². The van der Waals surface area contributed by atoms with E-state index in [4.69, 9.17) is 0 Å². The predicted molar refractivity (Wildman–Crippen MR) is 30.1 cm³/mol. The number of nitrogens with zero attached hydrogens (tertiary/aromatic N) is 1. The lowest BCUT2D eigenvalue weighted by Crippen LogP contribution is -1.80. The third kappa shape index (κ3) is 3.16. The van der Waals surface area contributed by atoms with Crippen LogP contribution in [0, 0.1) is 4.91 Å². The lowest BCUT2D eigenvalue weighted by molar-refractivity contribution is 1.01. The molecule has 0 atom stereocenters. The van der Waals surface area contributed by atoms with E-state index in [2.05, 4.69) is 11.8 Å². The van der Waals surface area contributed by atoms with Gasteiger partial charge in [0.15, 0.2) is 0 Å². The molecule has 0 aromatic rings. The van der Waals surface area contributed by atoms with Gasteiger partial charge in [0.05, 0.1) is 0 Å². The fourth-order valence-electron chi connectivity index (χ4n) is 0.203. The number of hydrogen-bond donors (Lipinski definition) is 0. The standard InChI is InChI=1S/C5H9NO/c1-3-5(2)4-6-7/h2-4H2,1H3. The van der Waals surface area contributed by atoms with Crippen molar-refractivity contribution in [2.75, 3.05) is 6.54 Å². The maximum Gasteiger partial charge on any atom is 0.102 e. The Morgan fingerprint density at radius 2 is 2.43 bits per heavy atom. The van der Waals surface area contributed by atoms with Gasteiger partial charge in [0.1, 0.15) is 6.54 Å². The third-order valence-electron chi connectivity index (χ3n) is 0.788. The maximum atomic E-state index is 9.46. The largest absolute Gasteiger partial charge is 0.150 e. The highest BCUT2D eigenvalue weighted by molar-refractivity contribution is 4.94. The van der Waals surface area contributed by atoms with Crippen LogP contribution in [0.1, 0.15) is 13.3 Å². The number of nitroso groups, excluding NO2 is 1. The van der Waals surface area contributed by atoms with Gasteiger partial charge in [0, 0.05) is 0 Å². The summed E-state index contributed by atoms with van der Waals surface area (Å²) in [6.07, 6.45) is 0.853.